The fourth-order valence-corrected chi connectivity index (χ4v) is 2.05. The van der Waals surface area contributed by atoms with Gasteiger partial charge in [0.15, 0.2) is 5.82 Å². The molecule has 2 N–H and O–H groups in total. The molecular formula is C16H19ClN4O. The summed E-state index contributed by atoms with van der Waals surface area (Å²) >= 11 is 0. The topological polar surface area (TPSA) is 66.9 Å². The highest BCUT2D eigenvalue weighted by atomic mass is 35.5. The van der Waals surface area contributed by atoms with Crippen LogP contribution in [0, 0.1) is 5.92 Å². The van der Waals surface area contributed by atoms with Gasteiger partial charge in [0.25, 0.3) is 0 Å². The van der Waals surface area contributed by atoms with Crippen molar-refractivity contribution in [1.82, 2.24) is 15.3 Å². The van der Waals surface area contributed by atoms with Crippen LogP contribution in [0.5, 0.6) is 0 Å². The SMILES string of the molecule is Cl.O=C(CNCC1CC1)Nc1cnc(-c2ccccc2)nc1. The molecule has 1 heterocycles. The Labute approximate surface area is 136 Å². The molecule has 0 spiro atoms. The molecule has 116 valence electrons. The van der Waals surface area contributed by atoms with E-state index in [-0.39, 0.29) is 18.3 Å². The number of nitrogens with zero attached hydrogens (tertiary/aromatic N) is 2. The van der Waals surface area contributed by atoms with Gasteiger partial charge in [-0.1, -0.05) is 30.3 Å². The van der Waals surface area contributed by atoms with Crippen LogP contribution in [0.25, 0.3) is 11.4 Å². The lowest BCUT2D eigenvalue weighted by Crippen LogP contribution is -2.29. The molecule has 1 aliphatic rings. The molecule has 0 atom stereocenters. The lowest BCUT2D eigenvalue weighted by Gasteiger charge is -2.06. The maximum absolute atomic E-state index is 11.7. The zero-order valence-electron chi connectivity index (χ0n) is 12.2. The molecule has 5 nitrogen and oxygen atoms in total. The number of anilines is 1. The minimum atomic E-state index is -0.0632. The number of nitrogens with one attached hydrogen (secondary N) is 2. The van der Waals surface area contributed by atoms with Crippen LogP contribution in [0.15, 0.2) is 42.7 Å². The number of carbonyl (C=O) groups excluding carboxylic acids is 1. The van der Waals surface area contributed by atoms with Gasteiger partial charge in [0.05, 0.1) is 24.6 Å². The van der Waals surface area contributed by atoms with Gasteiger partial charge in [0.1, 0.15) is 0 Å². The second-order valence-electron chi connectivity index (χ2n) is 5.28. The summed E-state index contributed by atoms with van der Waals surface area (Å²) in [5.41, 5.74) is 1.58. The Bertz CT molecular complexity index is 599. The van der Waals surface area contributed by atoms with E-state index in [1.54, 1.807) is 12.4 Å². The summed E-state index contributed by atoms with van der Waals surface area (Å²) in [6.07, 6.45) is 5.83. The Balaban J connectivity index is 0.00000176. The van der Waals surface area contributed by atoms with Crippen LogP contribution in [0.1, 0.15) is 12.8 Å². The van der Waals surface area contributed by atoms with Crippen LogP contribution in [-0.4, -0.2) is 29.0 Å². The van der Waals surface area contributed by atoms with Gasteiger partial charge >= 0.3 is 0 Å². The lowest BCUT2D eigenvalue weighted by molar-refractivity contribution is -0.115. The van der Waals surface area contributed by atoms with E-state index in [4.69, 9.17) is 0 Å². The number of benzene rings is 1. The molecule has 1 amide bonds. The number of halogens is 1. The average Bonchev–Trinajstić information content (AvgIpc) is 3.33. The molecule has 1 fully saturated rings. The Kier molecular flexibility index (Phi) is 5.86. The molecule has 0 saturated heterocycles. The number of hydrogen-bond acceptors (Lipinski definition) is 4. The van der Waals surface area contributed by atoms with E-state index in [9.17, 15) is 4.79 Å². The molecule has 0 radical (unpaired) electrons. The molecule has 22 heavy (non-hydrogen) atoms. The number of aromatic nitrogens is 2. The van der Waals surface area contributed by atoms with Crippen molar-refractivity contribution in [2.24, 2.45) is 5.92 Å². The first-order chi connectivity index (χ1) is 10.3. The zero-order valence-corrected chi connectivity index (χ0v) is 13.0. The van der Waals surface area contributed by atoms with Gasteiger partial charge in [-0.15, -0.1) is 12.4 Å². The fourth-order valence-electron chi connectivity index (χ4n) is 2.05. The van der Waals surface area contributed by atoms with E-state index in [0.29, 0.717) is 18.1 Å². The van der Waals surface area contributed by atoms with Gasteiger partial charge in [-0.25, -0.2) is 9.97 Å². The Hall–Kier alpha value is -1.98. The molecule has 1 saturated carbocycles. The maximum Gasteiger partial charge on any atom is 0.238 e. The predicted molar refractivity (Wildman–Crippen MR) is 88.9 cm³/mol. The first-order valence-corrected chi connectivity index (χ1v) is 7.19. The summed E-state index contributed by atoms with van der Waals surface area (Å²) < 4.78 is 0. The molecule has 1 aromatic carbocycles. The lowest BCUT2D eigenvalue weighted by atomic mass is 10.2. The van der Waals surface area contributed by atoms with Crippen LogP contribution < -0.4 is 10.6 Å². The number of amides is 1. The summed E-state index contributed by atoms with van der Waals surface area (Å²) in [7, 11) is 0. The third kappa shape index (κ3) is 4.79. The van der Waals surface area contributed by atoms with E-state index in [2.05, 4.69) is 20.6 Å². The van der Waals surface area contributed by atoms with Crippen LogP contribution >= 0.6 is 12.4 Å². The quantitative estimate of drug-likeness (QED) is 0.859. The van der Waals surface area contributed by atoms with Gasteiger partial charge in [-0.2, -0.15) is 0 Å². The van der Waals surface area contributed by atoms with Crippen molar-refractivity contribution in [3.05, 3.63) is 42.7 Å². The van der Waals surface area contributed by atoms with Crippen molar-refractivity contribution < 1.29 is 4.79 Å². The van der Waals surface area contributed by atoms with E-state index >= 15 is 0 Å². The van der Waals surface area contributed by atoms with Crippen LogP contribution in [0.2, 0.25) is 0 Å². The zero-order chi connectivity index (χ0) is 14.5. The van der Waals surface area contributed by atoms with Gasteiger partial charge in [0, 0.05) is 5.56 Å². The standard InChI is InChI=1S/C16H18N4O.ClH/c21-15(11-17-8-12-6-7-12)20-14-9-18-16(19-10-14)13-4-2-1-3-5-13;/h1-5,9-10,12,17H,6-8,11H2,(H,20,21);1H. The van der Waals surface area contributed by atoms with Crippen LogP contribution in [-0.2, 0) is 4.79 Å². The van der Waals surface area contributed by atoms with Gasteiger partial charge in [-0.05, 0) is 25.3 Å². The van der Waals surface area contributed by atoms with E-state index in [1.165, 1.54) is 12.8 Å². The monoisotopic (exact) mass is 318 g/mol. The molecule has 6 heteroatoms. The van der Waals surface area contributed by atoms with Crippen LogP contribution in [0.3, 0.4) is 0 Å². The Morgan fingerprint density at radius 1 is 1.14 bits per heavy atom. The smallest absolute Gasteiger partial charge is 0.238 e. The van der Waals surface area contributed by atoms with Crippen molar-refractivity contribution in [2.75, 3.05) is 18.4 Å². The summed E-state index contributed by atoms with van der Waals surface area (Å²) in [5, 5.41) is 5.94. The highest BCUT2D eigenvalue weighted by Crippen LogP contribution is 2.27. The minimum absolute atomic E-state index is 0. The number of hydrogen-bond donors (Lipinski definition) is 2. The van der Waals surface area contributed by atoms with Crippen molar-refractivity contribution in [1.29, 1.82) is 0 Å². The summed E-state index contributed by atoms with van der Waals surface area (Å²) in [5.74, 6) is 1.36. The largest absolute Gasteiger partial charge is 0.322 e. The van der Waals surface area contributed by atoms with Gasteiger partial charge in [0.2, 0.25) is 5.91 Å². The average molecular weight is 319 g/mol. The normalized spacial score (nSPS) is 13.3. The molecule has 0 bridgehead atoms. The van der Waals surface area contributed by atoms with E-state index in [1.807, 2.05) is 30.3 Å². The molecule has 1 aliphatic carbocycles. The predicted octanol–water partition coefficient (Wildman–Crippen LogP) is 2.50. The summed E-state index contributed by atoms with van der Waals surface area (Å²) in [6, 6.07) is 9.75. The highest BCUT2D eigenvalue weighted by Gasteiger charge is 2.20. The van der Waals surface area contributed by atoms with Crippen molar-refractivity contribution >= 4 is 24.0 Å². The molecule has 1 aromatic heterocycles. The number of carbonyl (C=O) groups is 1. The third-order valence-corrected chi connectivity index (χ3v) is 3.38. The maximum atomic E-state index is 11.7. The summed E-state index contributed by atoms with van der Waals surface area (Å²) in [4.78, 5) is 20.3. The molecule has 0 unspecified atom stereocenters. The first kappa shape index (κ1) is 16.4. The Morgan fingerprint density at radius 2 is 1.82 bits per heavy atom. The third-order valence-electron chi connectivity index (χ3n) is 3.38. The van der Waals surface area contributed by atoms with Gasteiger partial charge in [-0.3, -0.25) is 4.79 Å². The second-order valence-corrected chi connectivity index (χ2v) is 5.28. The van der Waals surface area contributed by atoms with Crippen molar-refractivity contribution in [3.8, 4) is 11.4 Å². The molecular weight excluding hydrogens is 300 g/mol. The molecule has 3 rings (SSSR count). The highest BCUT2D eigenvalue weighted by molar-refractivity contribution is 5.91. The minimum Gasteiger partial charge on any atom is -0.322 e. The molecule has 0 aliphatic heterocycles. The fraction of sp³-hybridized carbons (Fsp3) is 0.312. The van der Waals surface area contributed by atoms with Crippen molar-refractivity contribution in [2.45, 2.75) is 12.8 Å². The van der Waals surface area contributed by atoms with E-state index in [0.717, 1.165) is 18.0 Å². The van der Waals surface area contributed by atoms with E-state index < -0.39 is 0 Å². The van der Waals surface area contributed by atoms with Crippen molar-refractivity contribution in [3.63, 3.8) is 0 Å². The van der Waals surface area contributed by atoms with Gasteiger partial charge < -0.3 is 10.6 Å². The second kappa shape index (κ2) is 7.87. The molecule has 2 aromatic rings. The summed E-state index contributed by atoms with van der Waals surface area (Å²) in [6.45, 7) is 1.26. The number of rotatable bonds is 6. The first-order valence-electron chi connectivity index (χ1n) is 7.19. The van der Waals surface area contributed by atoms with Crippen LogP contribution in [0.4, 0.5) is 5.69 Å². The Morgan fingerprint density at radius 3 is 2.45 bits per heavy atom.